The molecule has 3 N–H and O–H groups in total. The lowest BCUT2D eigenvalue weighted by Gasteiger charge is -2.29. The summed E-state index contributed by atoms with van der Waals surface area (Å²) in [7, 11) is 0. The van der Waals surface area contributed by atoms with Crippen molar-refractivity contribution in [1.29, 1.82) is 0 Å². The van der Waals surface area contributed by atoms with E-state index in [9.17, 15) is 24.9 Å². The Labute approximate surface area is 282 Å². The van der Waals surface area contributed by atoms with Crippen LogP contribution in [0.1, 0.15) is 89.8 Å². The van der Waals surface area contributed by atoms with E-state index in [0.717, 1.165) is 45.4 Å². The summed E-state index contributed by atoms with van der Waals surface area (Å²) in [6.45, 7) is 12.0. The molecule has 0 amide bonds. The van der Waals surface area contributed by atoms with Gasteiger partial charge in [0.1, 0.15) is 17.2 Å². The monoisotopic (exact) mass is 638 g/mol. The molecule has 0 spiro atoms. The molecule has 48 heavy (non-hydrogen) atoms. The molecule has 0 saturated carbocycles. The van der Waals surface area contributed by atoms with E-state index in [-0.39, 0.29) is 11.8 Å². The number of Topliss-reactive ketones (excluding diaryl/α,β-unsaturated/α-hetero) is 1. The molecular formula is C43H42O5. The third-order valence-electron chi connectivity index (χ3n) is 9.40. The zero-order valence-electron chi connectivity index (χ0n) is 28.3. The van der Waals surface area contributed by atoms with Crippen LogP contribution in [-0.4, -0.2) is 26.9 Å². The van der Waals surface area contributed by atoms with Crippen LogP contribution in [-0.2, 0) is 4.79 Å². The summed E-state index contributed by atoms with van der Waals surface area (Å²) in [6.07, 6.45) is 3.77. The normalized spacial score (nSPS) is 12.8. The number of fused-ring (bicyclic) bond motifs is 1. The Kier molecular flexibility index (Phi) is 10.00. The maximum atomic E-state index is 11.2. The van der Waals surface area contributed by atoms with Gasteiger partial charge >= 0.3 is 0 Å². The summed E-state index contributed by atoms with van der Waals surface area (Å²) >= 11 is 0. The Morgan fingerprint density at radius 2 is 0.938 bits per heavy atom. The summed E-state index contributed by atoms with van der Waals surface area (Å²) in [4.78, 5) is 22.1. The second-order valence-corrected chi connectivity index (χ2v) is 12.9. The zero-order valence-corrected chi connectivity index (χ0v) is 28.3. The molecule has 0 heterocycles. The zero-order chi connectivity index (χ0) is 34.7. The molecule has 0 fully saturated rings. The van der Waals surface area contributed by atoms with Crippen molar-refractivity contribution >= 4 is 17.6 Å². The van der Waals surface area contributed by atoms with E-state index in [2.05, 4.69) is 63.2 Å². The molecule has 0 saturated heterocycles. The summed E-state index contributed by atoms with van der Waals surface area (Å²) in [5, 5.41) is 31.1. The van der Waals surface area contributed by atoms with Crippen molar-refractivity contribution in [2.45, 2.75) is 59.8 Å². The first-order chi connectivity index (χ1) is 22.8. The number of rotatable bonds is 6. The quantitative estimate of drug-likeness (QED) is 0.161. The number of allylic oxidation sites excluding steroid dienone is 1. The van der Waals surface area contributed by atoms with Gasteiger partial charge in [-0.25, -0.2) is 0 Å². The van der Waals surface area contributed by atoms with Gasteiger partial charge in [-0.1, -0.05) is 78.9 Å². The fourth-order valence-corrected chi connectivity index (χ4v) is 6.60. The molecule has 1 aliphatic rings. The minimum absolute atomic E-state index is 0.0299. The van der Waals surface area contributed by atoms with Crippen molar-refractivity contribution in [2.75, 3.05) is 0 Å². The summed E-state index contributed by atoms with van der Waals surface area (Å²) in [6, 6.07) is 29.5. The van der Waals surface area contributed by atoms with Crippen LogP contribution in [0.4, 0.5) is 0 Å². The number of benzene rings is 5. The van der Waals surface area contributed by atoms with Crippen LogP contribution in [0, 0.1) is 41.5 Å². The summed E-state index contributed by atoms with van der Waals surface area (Å²) in [5.41, 5.74) is 11.8. The number of ketones is 2. The second kappa shape index (κ2) is 14.1. The van der Waals surface area contributed by atoms with E-state index in [1.807, 2.05) is 57.2 Å². The van der Waals surface area contributed by atoms with Crippen molar-refractivity contribution in [3.05, 3.63) is 164 Å². The highest BCUT2D eigenvalue weighted by Crippen LogP contribution is 2.44. The van der Waals surface area contributed by atoms with E-state index < -0.39 is 11.6 Å². The molecule has 5 nitrogen and oxygen atoms in total. The summed E-state index contributed by atoms with van der Waals surface area (Å²) < 4.78 is 0. The Hall–Kier alpha value is -5.42. The molecular weight excluding hydrogens is 596 g/mol. The highest BCUT2D eigenvalue weighted by atomic mass is 16.3. The maximum absolute atomic E-state index is 11.2. The lowest BCUT2D eigenvalue weighted by Crippen LogP contribution is -2.15. The molecule has 1 unspecified atom stereocenters. The van der Waals surface area contributed by atoms with Crippen LogP contribution < -0.4 is 0 Å². The van der Waals surface area contributed by atoms with Crippen LogP contribution in [0.5, 0.6) is 17.2 Å². The van der Waals surface area contributed by atoms with Gasteiger partial charge in [-0.2, -0.15) is 0 Å². The van der Waals surface area contributed by atoms with E-state index in [1.54, 1.807) is 18.2 Å². The third kappa shape index (κ3) is 7.11. The largest absolute Gasteiger partial charge is 0.508 e. The number of phenols is 3. The number of aryl methyl sites for hydroxylation is 6. The first kappa shape index (κ1) is 33.9. The van der Waals surface area contributed by atoms with Gasteiger partial charge < -0.3 is 15.3 Å². The highest BCUT2D eigenvalue weighted by Gasteiger charge is 2.27. The molecule has 6 rings (SSSR count). The van der Waals surface area contributed by atoms with E-state index in [4.69, 9.17) is 0 Å². The van der Waals surface area contributed by atoms with Crippen LogP contribution in [0.3, 0.4) is 0 Å². The molecule has 0 bridgehead atoms. The minimum Gasteiger partial charge on any atom is -0.508 e. The van der Waals surface area contributed by atoms with E-state index in [1.165, 1.54) is 28.3 Å². The van der Waals surface area contributed by atoms with Crippen molar-refractivity contribution in [3.8, 4) is 17.2 Å². The van der Waals surface area contributed by atoms with Crippen LogP contribution in [0.15, 0.2) is 97.1 Å². The van der Waals surface area contributed by atoms with Crippen LogP contribution in [0.25, 0.3) is 6.08 Å². The molecule has 1 atom stereocenters. The Morgan fingerprint density at radius 1 is 0.500 bits per heavy atom. The van der Waals surface area contributed by atoms with Crippen LogP contribution in [0.2, 0.25) is 0 Å². The third-order valence-corrected chi connectivity index (χ3v) is 9.40. The molecule has 0 aliphatic heterocycles. The van der Waals surface area contributed by atoms with Crippen molar-refractivity contribution in [2.24, 2.45) is 0 Å². The van der Waals surface area contributed by atoms with Gasteiger partial charge in [0.2, 0.25) is 11.6 Å². The fraction of sp³-hybridized carbons (Fsp3) is 0.209. The van der Waals surface area contributed by atoms with Gasteiger partial charge in [0, 0.05) is 17.4 Å². The predicted molar refractivity (Wildman–Crippen MR) is 192 cm³/mol. The average molecular weight is 639 g/mol. The molecule has 244 valence electrons. The number of phenolic OH excluding ortho intramolecular Hbond substituents is 3. The fourth-order valence-electron chi connectivity index (χ4n) is 6.60. The molecule has 1 aliphatic carbocycles. The van der Waals surface area contributed by atoms with Gasteiger partial charge in [-0.15, -0.1) is 0 Å². The van der Waals surface area contributed by atoms with Gasteiger partial charge in [-0.05, 0) is 133 Å². The Morgan fingerprint density at radius 3 is 1.44 bits per heavy atom. The average Bonchev–Trinajstić information content (AvgIpc) is 3.06. The first-order valence-corrected chi connectivity index (χ1v) is 16.2. The van der Waals surface area contributed by atoms with Crippen molar-refractivity contribution < 1.29 is 24.9 Å². The van der Waals surface area contributed by atoms with E-state index in [0.29, 0.717) is 22.8 Å². The smallest absolute Gasteiger partial charge is 0.233 e. The van der Waals surface area contributed by atoms with E-state index >= 15 is 0 Å². The molecule has 0 aromatic heterocycles. The van der Waals surface area contributed by atoms with Gasteiger partial charge in [0.25, 0.3) is 0 Å². The lowest BCUT2D eigenvalue weighted by atomic mass is 9.74. The molecule has 5 aromatic rings. The highest BCUT2D eigenvalue weighted by molar-refractivity contribution is 6.49. The SMILES string of the molecule is Cc1cc(C(CC(c2cc(C)c(O)cc2C)c2cc(C)c(O)cc2C)c2ccccc2)c(C)cc1O.O=C1C=Cc2ccccc2C1=O. The number of carbonyl (C=O) groups excluding carboxylic acids is 2. The molecule has 5 heteroatoms. The summed E-state index contributed by atoms with van der Waals surface area (Å²) in [5.74, 6) is 0.188. The van der Waals surface area contributed by atoms with Crippen molar-refractivity contribution in [3.63, 3.8) is 0 Å². The van der Waals surface area contributed by atoms with Crippen molar-refractivity contribution in [1.82, 2.24) is 0 Å². The van der Waals surface area contributed by atoms with Gasteiger partial charge in [-0.3, -0.25) is 9.59 Å². The first-order valence-electron chi connectivity index (χ1n) is 16.2. The molecule has 5 aromatic carbocycles. The van der Waals surface area contributed by atoms with Gasteiger partial charge in [0.15, 0.2) is 0 Å². The maximum Gasteiger partial charge on any atom is 0.233 e. The minimum atomic E-state index is -0.436. The number of hydrogen-bond acceptors (Lipinski definition) is 5. The molecule has 0 radical (unpaired) electrons. The Balaban J connectivity index is 0.000000313. The number of carbonyl (C=O) groups is 2. The standard InChI is InChI=1S/C33H36O3.C10H6O2/c1-19-15-31(34)22(4)12-26(19)29(25-10-8-7-9-11-25)18-30(27-13-23(5)32(35)16-20(27)2)28-14-24(6)33(36)17-21(28)3;11-9-6-5-7-3-1-2-4-8(7)10(9)12/h7-17,29-30,34-36H,18H2,1-6H3;1-6H. The lowest BCUT2D eigenvalue weighted by molar-refractivity contribution is -0.110. The van der Waals surface area contributed by atoms with Crippen LogP contribution >= 0.6 is 0 Å². The second-order valence-electron chi connectivity index (χ2n) is 12.9. The number of aromatic hydroxyl groups is 3. The Bertz CT molecular complexity index is 1980. The van der Waals surface area contributed by atoms with Gasteiger partial charge in [0.05, 0.1) is 0 Å². The number of hydrogen-bond donors (Lipinski definition) is 3. The topological polar surface area (TPSA) is 94.8 Å². The predicted octanol–water partition coefficient (Wildman–Crippen LogP) is 9.47.